The summed E-state index contributed by atoms with van der Waals surface area (Å²) in [6.07, 6.45) is -0.907. The van der Waals surface area contributed by atoms with E-state index in [1.165, 1.54) is 18.2 Å². The number of nitro benzene ring substituents is 1. The Morgan fingerprint density at radius 3 is 2.39 bits per heavy atom. The van der Waals surface area contributed by atoms with Gasteiger partial charge >= 0.3 is 0 Å². The number of rotatable bonds is 4. The van der Waals surface area contributed by atoms with E-state index in [0.717, 1.165) is 0 Å². The number of nitro groups is 1. The van der Waals surface area contributed by atoms with Crippen LogP contribution in [0, 0.1) is 16.0 Å². The Morgan fingerprint density at radius 1 is 1.39 bits per heavy atom. The second-order valence-electron chi connectivity index (χ2n) is 4.26. The van der Waals surface area contributed by atoms with E-state index in [9.17, 15) is 20.3 Å². The average Bonchev–Trinajstić information content (AvgIpc) is 2.26. The van der Waals surface area contributed by atoms with E-state index >= 15 is 0 Å². The van der Waals surface area contributed by atoms with E-state index in [4.69, 9.17) is 5.73 Å². The van der Waals surface area contributed by atoms with Gasteiger partial charge in [0, 0.05) is 6.07 Å². The first-order valence-corrected chi connectivity index (χ1v) is 5.25. The highest BCUT2D eigenvalue weighted by Crippen LogP contribution is 2.30. The van der Waals surface area contributed by atoms with Crippen molar-refractivity contribution in [3.63, 3.8) is 0 Å². The molecule has 0 saturated carbocycles. The minimum atomic E-state index is -0.907. The Balaban J connectivity index is 0.00000289. The number of aromatic hydroxyl groups is 1. The molecule has 0 saturated heterocycles. The van der Waals surface area contributed by atoms with Gasteiger partial charge in [0.1, 0.15) is 5.75 Å². The number of hydrogen-bond donors (Lipinski definition) is 3. The van der Waals surface area contributed by atoms with Crippen LogP contribution in [-0.2, 0) is 0 Å². The lowest BCUT2D eigenvalue weighted by Gasteiger charge is -2.22. The van der Waals surface area contributed by atoms with Gasteiger partial charge in [0.15, 0.2) is 0 Å². The van der Waals surface area contributed by atoms with Crippen LogP contribution < -0.4 is 5.73 Å². The smallest absolute Gasteiger partial charge is 0.274 e. The number of aliphatic hydroxyl groups excluding tert-OH is 1. The minimum absolute atomic E-state index is 0. The van der Waals surface area contributed by atoms with E-state index in [0.29, 0.717) is 0 Å². The van der Waals surface area contributed by atoms with Gasteiger partial charge in [-0.15, -0.1) is 12.4 Å². The zero-order valence-electron chi connectivity index (χ0n) is 10.1. The molecule has 0 bridgehead atoms. The third kappa shape index (κ3) is 3.56. The number of phenolic OH excluding ortho intramolecular Hbond substituents is 1. The van der Waals surface area contributed by atoms with Crippen LogP contribution in [0.1, 0.15) is 25.5 Å². The van der Waals surface area contributed by atoms with Gasteiger partial charge in [0.25, 0.3) is 5.69 Å². The first kappa shape index (κ1) is 16.6. The lowest BCUT2D eigenvalue weighted by Crippen LogP contribution is -2.31. The summed E-state index contributed by atoms with van der Waals surface area (Å²) in [6, 6.07) is 2.71. The molecule has 0 aliphatic rings. The number of halogens is 1. The largest absolute Gasteiger partial charge is 0.508 e. The van der Waals surface area contributed by atoms with E-state index in [1.54, 1.807) is 13.8 Å². The summed E-state index contributed by atoms with van der Waals surface area (Å²) in [5.74, 6) is -0.246. The molecule has 0 spiro atoms. The van der Waals surface area contributed by atoms with Crippen molar-refractivity contribution >= 4 is 18.1 Å². The predicted molar refractivity (Wildman–Crippen MR) is 69.8 cm³/mol. The van der Waals surface area contributed by atoms with Gasteiger partial charge in [-0.1, -0.05) is 13.8 Å². The molecule has 1 aromatic rings. The second-order valence-corrected chi connectivity index (χ2v) is 4.26. The molecule has 0 fully saturated rings. The van der Waals surface area contributed by atoms with Gasteiger partial charge in [-0.3, -0.25) is 10.1 Å². The maximum absolute atomic E-state index is 10.8. The van der Waals surface area contributed by atoms with Gasteiger partial charge in [-0.25, -0.2) is 0 Å². The molecule has 0 aromatic heterocycles. The molecular weight excluding hydrogens is 260 g/mol. The molecule has 0 aliphatic carbocycles. The number of nitrogens with zero attached hydrogens (tertiary/aromatic N) is 1. The fourth-order valence-electron chi connectivity index (χ4n) is 1.57. The molecule has 1 aromatic carbocycles. The van der Waals surface area contributed by atoms with Crippen molar-refractivity contribution in [2.45, 2.75) is 26.0 Å². The standard InChI is InChI=1S/C11H16N2O4.ClH/c1-6(2)11(15)10(12)8-5-7(14)3-4-9(8)13(16)17;/h3-6,10-11,14-15H,12H2,1-2H3;1H/t10-,11+;/m1./s1. The van der Waals surface area contributed by atoms with E-state index in [1.807, 2.05) is 0 Å². The summed E-state index contributed by atoms with van der Waals surface area (Å²) in [6.45, 7) is 3.53. The predicted octanol–water partition coefficient (Wildman–Crippen LogP) is 1.74. The molecule has 7 heteroatoms. The highest BCUT2D eigenvalue weighted by atomic mass is 35.5. The van der Waals surface area contributed by atoms with Crippen molar-refractivity contribution in [2.24, 2.45) is 11.7 Å². The minimum Gasteiger partial charge on any atom is -0.508 e. The average molecular weight is 277 g/mol. The van der Waals surface area contributed by atoms with Crippen molar-refractivity contribution in [2.75, 3.05) is 0 Å². The van der Waals surface area contributed by atoms with Gasteiger partial charge in [0.2, 0.25) is 0 Å². The van der Waals surface area contributed by atoms with Crippen molar-refractivity contribution < 1.29 is 15.1 Å². The van der Waals surface area contributed by atoms with Crippen LogP contribution >= 0.6 is 12.4 Å². The number of nitrogens with two attached hydrogens (primary N) is 1. The Labute approximate surface area is 111 Å². The Kier molecular flexibility index (Phi) is 6.04. The van der Waals surface area contributed by atoms with Crippen LogP contribution in [-0.4, -0.2) is 21.2 Å². The highest BCUT2D eigenvalue weighted by molar-refractivity contribution is 5.85. The highest BCUT2D eigenvalue weighted by Gasteiger charge is 2.27. The fraction of sp³-hybridized carbons (Fsp3) is 0.455. The first-order chi connectivity index (χ1) is 7.84. The molecule has 0 amide bonds. The lowest BCUT2D eigenvalue weighted by atomic mass is 9.93. The molecule has 2 atom stereocenters. The van der Waals surface area contributed by atoms with Crippen LogP contribution in [0.3, 0.4) is 0 Å². The van der Waals surface area contributed by atoms with Crippen LogP contribution in [0.25, 0.3) is 0 Å². The molecule has 1 rings (SSSR count). The number of benzene rings is 1. The SMILES string of the molecule is CC(C)[C@H](O)[C@H](N)c1cc(O)ccc1[N+](=O)[O-].Cl. The van der Waals surface area contributed by atoms with Crippen molar-refractivity contribution in [1.82, 2.24) is 0 Å². The van der Waals surface area contributed by atoms with E-state index < -0.39 is 17.1 Å². The van der Waals surface area contributed by atoms with Gasteiger partial charge < -0.3 is 15.9 Å². The Hall–Kier alpha value is -1.37. The van der Waals surface area contributed by atoms with Gasteiger partial charge in [-0.05, 0) is 18.1 Å². The molecule has 0 radical (unpaired) electrons. The summed E-state index contributed by atoms with van der Waals surface area (Å²) >= 11 is 0. The Morgan fingerprint density at radius 2 is 1.94 bits per heavy atom. The summed E-state index contributed by atoms with van der Waals surface area (Å²) in [5, 5.41) is 30.0. The zero-order valence-corrected chi connectivity index (χ0v) is 10.9. The number of aliphatic hydroxyl groups is 1. The van der Waals surface area contributed by atoms with Crippen LogP contribution in [0.2, 0.25) is 0 Å². The van der Waals surface area contributed by atoms with E-state index in [2.05, 4.69) is 0 Å². The topological polar surface area (TPSA) is 110 Å². The zero-order chi connectivity index (χ0) is 13.2. The first-order valence-electron chi connectivity index (χ1n) is 5.25. The van der Waals surface area contributed by atoms with Crippen LogP contribution in [0.4, 0.5) is 5.69 Å². The lowest BCUT2D eigenvalue weighted by molar-refractivity contribution is -0.385. The summed E-state index contributed by atoms with van der Waals surface area (Å²) in [7, 11) is 0. The summed E-state index contributed by atoms with van der Waals surface area (Å²) in [4.78, 5) is 10.2. The van der Waals surface area contributed by atoms with Gasteiger partial charge in [-0.2, -0.15) is 0 Å². The second kappa shape index (κ2) is 6.53. The summed E-state index contributed by atoms with van der Waals surface area (Å²) in [5.41, 5.74) is 5.72. The molecule has 18 heavy (non-hydrogen) atoms. The molecule has 6 nitrogen and oxygen atoms in total. The monoisotopic (exact) mass is 276 g/mol. The number of hydrogen-bond acceptors (Lipinski definition) is 5. The normalized spacial score (nSPS) is 13.8. The van der Waals surface area contributed by atoms with Crippen molar-refractivity contribution in [3.8, 4) is 5.75 Å². The molecule has 0 heterocycles. The third-order valence-corrected chi connectivity index (χ3v) is 2.62. The maximum Gasteiger partial charge on any atom is 0.274 e. The third-order valence-electron chi connectivity index (χ3n) is 2.62. The summed E-state index contributed by atoms with van der Waals surface area (Å²) < 4.78 is 0. The van der Waals surface area contributed by atoms with Crippen molar-refractivity contribution in [1.29, 1.82) is 0 Å². The maximum atomic E-state index is 10.8. The quantitative estimate of drug-likeness (QED) is 0.573. The Bertz CT molecular complexity index is 426. The molecule has 102 valence electrons. The number of phenols is 1. The molecule has 0 aliphatic heterocycles. The van der Waals surface area contributed by atoms with Crippen LogP contribution in [0.15, 0.2) is 18.2 Å². The molecule has 4 N–H and O–H groups in total. The van der Waals surface area contributed by atoms with Crippen LogP contribution in [0.5, 0.6) is 5.75 Å². The fourth-order valence-corrected chi connectivity index (χ4v) is 1.57. The molecular formula is C11H17ClN2O4. The van der Waals surface area contributed by atoms with Gasteiger partial charge in [0.05, 0.1) is 22.6 Å². The molecule has 0 unspecified atom stereocenters. The van der Waals surface area contributed by atoms with Crippen molar-refractivity contribution in [3.05, 3.63) is 33.9 Å². The van der Waals surface area contributed by atoms with E-state index in [-0.39, 0.29) is 35.3 Å².